The molecule has 5 aliphatic rings. The molecule has 3 heteroatoms. The van der Waals surface area contributed by atoms with E-state index >= 15 is 0 Å². The van der Waals surface area contributed by atoms with Gasteiger partial charge in [0.25, 0.3) is 0 Å². The maximum Gasteiger partial charge on any atom is 0.246 e. The summed E-state index contributed by atoms with van der Waals surface area (Å²) in [5.41, 5.74) is 0.512. The quantitative estimate of drug-likeness (QED) is 0.721. The summed E-state index contributed by atoms with van der Waals surface area (Å²) in [6.45, 7) is 7.55. The van der Waals surface area contributed by atoms with Crippen LogP contribution in [0.15, 0.2) is 12.7 Å². The number of carbonyl (C=O) groups is 1. The molecule has 1 heterocycles. The van der Waals surface area contributed by atoms with Gasteiger partial charge >= 0.3 is 0 Å². The third kappa shape index (κ3) is 1.93. The Labute approximate surface area is 122 Å². The Morgan fingerprint density at radius 1 is 0.950 bits per heavy atom. The summed E-state index contributed by atoms with van der Waals surface area (Å²) in [5, 5.41) is 0. The first-order chi connectivity index (χ1) is 9.68. The number of nitrogens with zero attached hydrogens (tertiary/aromatic N) is 2. The minimum Gasteiger partial charge on any atom is -0.337 e. The van der Waals surface area contributed by atoms with E-state index in [0.717, 1.165) is 43.9 Å². The van der Waals surface area contributed by atoms with Crippen LogP contribution in [0, 0.1) is 17.8 Å². The van der Waals surface area contributed by atoms with E-state index in [1.165, 1.54) is 44.6 Å². The van der Waals surface area contributed by atoms with Gasteiger partial charge in [-0.05, 0) is 62.4 Å². The lowest BCUT2D eigenvalue weighted by Gasteiger charge is -2.61. The molecule has 20 heavy (non-hydrogen) atoms. The highest BCUT2D eigenvalue weighted by Crippen LogP contribution is 2.57. The first-order valence-corrected chi connectivity index (χ1v) is 8.35. The molecule has 110 valence electrons. The van der Waals surface area contributed by atoms with Gasteiger partial charge in [-0.25, -0.2) is 0 Å². The predicted molar refractivity (Wildman–Crippen MR) is 79.3 cm³/mol. The van der Waals surface area contributed by atoms with Crippen LogP contribution in [0.2, 0.25) is 0 Å². The number of rotatable bonds is 2. The van der Waals surface area contributed by atoms with Crippen molar-refractivity contribution in [2.45, 2.75) is 44.1 Å². The van der Waals surface area contributed by atoms with Crippen LogP contribution < -0.4 is 0 Å². The summed E-state index contributed by atoms with van der Waals surface area (Å²) >= 11 is 0. The van der Waals surface area contributed by atoms with E-state index in [4.69, 9.17) is 0 Å². The fourth-order valence-electron chi connectivity index (χ4n) is 5.98. The average Bonchev–Trinajstić information content (AvgIpc) is 2.45. The monoisotopic (exact) mass is 274 g/mol. The van der Waals surface area contributed by atoms with E-state index < -0.39 is 0 Å². The van der Waals surface area contributed by atoms with Crippen molar-refractivity contribution < 1.29 is 4.79 Å². The van der Waals surface area contributed by atoms with Crippen molar-refractivity contribution in [1.29, 1.82) is 0 Å². The number of piperazine rings is 1. The van der Waals surface area contributed by atoms with Crippen LogP contribution in [0.1, 0.15) is 38.5 Å². The molecule has 5 fully saturated rings. The molecule has 4 aliphatic carbocycles. The zero-order valence-corrected chi connectivity index (χ0v) is 12.4. The summed E-state index contributed by atoms with van der Waals surface area (Å²) < 4.78 is 0. The van der Waals surface area contributed by atoms with Gasteiger partial charge in [0.1, 0.15) is 0 Å². The topological polar surface area (TPSA) is 23.6 Å². The molecule has 0 aromatic carbocycles. The van der Waals surface area contributed by atoms with Gasteiger partial charge < -0.3 is 4.90 Å². The van der Waals surface area contributed by atoms with Crippen molar-refractivity contribution in [3.05, 3.63) is 12.7 Å². The Hall–Kier alpha value is -0.830. The number of amides is 1. The van der Waals surface area contributed by atoms with Crippen LogP contribution in [0.3, 0.4) is 0 Å². The van der Waals surface area contributed by atoms with Crippen molar-refractivity contribution in [2.75, 3.05) is 26.2 Å². The molecule has 4 saturated carbocycles. The van der Waals surface area contributed by atoms with Gasteiger partial charge in [0, 0.05) is 31.7 Å². The van der Waals surface area contributed by atoms with Crippen LogP contribution in [0.25, 0.3) is 0 Å². The SMILES string of the molecule is C=CC(=O)N1CCN(C23CC4CC(CC(C4)C2)C3)CC1. The molecule has 1 aliphatic heterocycles. The van der Waals surface area contributed by atoms with Crippen molar-refractivity contribution in [3.63, 3.8) is 0 Å². The highest BCUT2D eigenvalue weighted by atomic mass is 16.2. The maximum atomic E-state index is 11.7. The fourth-order valence-corrected chi connectivity index (χ4v) is 5.98. The summed E-state index contributed by atoms with van der Waals surface area (Å²) in [6.07, 6.45) is 10.3. The Bertz CT molecular complexity index is 387. The zero-order valence-electron chi connectivity index (χ0n) is 12.4. The van der Waals surface area contributed by atoms with Gasteiger partial charge in [-0.3, -0.25) is 9.69 Å². The molecule has 0 spiro atoms. The average molecular weight is 274 g/mol. The van der Waals surface area contributed by atoms with Gasteiger partial charge in [0.2, 0.25) is 5.91 Å². The second-order valence-corrected chi connectivity index (χ2v) is 7.66. The molecular formula is C17H26N2O. The molecule has 0 aromatic heterocycles. The van der Waals surface area contributed by atoms with Gasteiger partial charge in [-0.15, -0.1) is 0 Å². The smallest absolute Gasteiger partial charge is 0.246 e. The van der Waals surface area contributed by atoms with Crippen LogP contribution in [0.4, 0.5) is 0 Å². The lowest BCUT2D eigenvalue weighted by Crippen LogP contribution is -2.64. The lowest BCUT2D eigenvalue weighted by atomic mass is 9.52. The molecule has 5 rings (SSSR count). The van der Waals surface area contributed by atoms with E-state index in [2.05, 4.69) is 11.5 Å². The van der Waals surface area contributed by atoms with Crippen LogP contribution in [0.5, 0.6) is 0 Å². The molecule has 4 bridgehead atoms. The van der Waals surface area contributed by atoms with Gasteiger partial charge in [-0.2, -0.15) is 0 Å². The molecule has 1 amide bonds. The van der Waals surface area contributed by atoms with Crippen LogP contribution >= 0.6 is 0 Å². The maximum absolute atomic E-state index is 11.7. The van der Waals surface area contributed by atoms with Crippen molar-refractivity contribution >= 4 is 5.91 Å². The standard InChI is InChI=1S/C17H26N2O/c1-2-16(20)18-3-5-19(6-4-18)17-10-13-7-14(11-17)9-15(8-13)12-17/h2,13-15H,1,3-12H2. The molecule has 0 radical (unpaired) electrons. The molecular weight excluding hydrogens is 248 g/mol. The number of hydrogen-bond acceptors (Lipinski definition) is 2. The Balaban J connectivity index is 1.46. The van der Waals surface area contributed by atoms with E-state index in [0.29, 0.717) is 5.54 Å². The molecule has 0 N–H and O–H groups in total. The minimum atomic E-state index is 0.107. The van der Waals surface area contributed by atoms with Gasteiger partial charge in [-0.1, -0.05) is 6.58 Å². The van der Waals surface area contributed by atoms with Gasteiger partial charge in [0.15, 0.2) is 0 Å². The third-order valence-corrected chi connectivity index (χ3v) is 6.44. The summed E-state index contributed by atoms with van der Waals surface area (Å²) in [5.74, 6) is 3.13. The lowest BCUT2D eigenvalue weighted by molar-refractivity contribution is -0.133. The summed E-state index contributed by atoms with van der Waals surface area (Å²) in [6, 6.07) is 0. The normalized spacial score (nSPS) is 43.8. The zero-order chi connectivity index (χ0) is 13.7. The third-order valence-electron chi connectivity index (χ3n) is 6.44. The van der Waals surface area contributed by atoms with Crippen LogP contribution in [-0.4, -0.2) is 47.4 Å². The molecule has 1 saturated heterocycles. The Morgan fingerprint density at radius 2 is 1.45 bits per heavy atom. The van der Waals surface area contributed by atoms with E-state index in [9.17, 15) is 4.79 Å². The van der Waals surface area contributed by atoms with Crippen molar-refractivity contribution in [2.24, 2.45) is 17.8 Å². The number of carbonyl (C=O) groups excluding carboxylic acids is 1. The van der Waals surface area contributed by atoms with Crippen molar-refractivity contribution in [1.82, 2.24) is 9.80 Å². The second-order valence-electron chi connectivity index (χ2n) is 7.66. The first-order valence-electron chi connectivity index (χ1n) is 8.35. The molecule has 0 unspecified atom stereocenters. The first kappa shape index (κ1) is 12.9. The number of hydrogen-bond donors (Lipinski definition) is 0. The second kappa shape index (κ2) is 4.59. The van der Waals surface area contributed by atoms with E-state index in [1.807, 2.05) is 4.90 Å². The highest BCUT2D eigenvalue weighted by molar-refractivity contribution is 5.87. The predicted octanol–water partition coefficient (Wildman–Crippen LogP) is 2.29. The van der Waals surface area contributed by atoms with E-state index in [-0.39, 0.29) is 5.91 Å². The molecule has 0 atom stereocenters. The Kier molecular flexibility index (Phi) is 2.95. The highest BCUT2D eigenvalue weighted by Gasteiger charge is 2.53. The molecule has 0 aromatic rings. The van der Waals surface area contributed by atoms with E-state index in [1.54, 1.807) is 0 Å². The Morgan fingerprint density at radius 3 is 1.90 bits per heavy atom. The fraction of sp³-hybridized carbons (Fsp3) is 0.824. The van der Waals surface area contributed by atoms with Crippen LogP contribution in [-0.2, 0) is 4.79 Å². The largest absolute Gasteiger partial charge is 0.337 e. The minimum absolute atomic E-state index is 0.107. The summed E-state index contributed by atoms with van der Waals surface area (Å²) in [7, 11) is 0. The summed E-state index contributed by atoms with van der Waals surface area (Å²) in [4.78, 5) is 16.4. The van der Waals surface area contributed by atoms with Crippen molar-refractivity contribution in [3.8, 4) is 0 Å². The molecule has 3 nitrogen and oxygen atoms in total. The van der Waals surface area contributed by atoms with Gasteiger partial charge in [0.05, 0.1) is 0 Å².